The zero-order valence-corrected chi connectivity index (χ0v) is 8.94. The van der Waals surface area contributed by atoms with Crippen LogP contribution in [0.15, 0.2) is 36.8 Å². The number of imidazole rings is 1. The van der Waals surface area contributed by atoms with Gasteiger partial charge < -0.3 is 4.98 Å². The predicted octanol–water partition coefficient (Wildman–Crippen LogP) is 2.67. The molecule has 78 valence electrons. The van der Waals surface area contributed by atoms with Crippen molar-refractivity contribution in [2.75, 3.05) is 0 Å². The lowest BCUT2D eigenvalue weighted by Crippen LogP contribution is -1.79. The third kappa shape index (κ3) is 1.44. The Bertz CT molecular complexity index is 633. The van der Waals surface area contributed by atoms with Gasteiger partial charge in [0.15, 0.2) is 5.15 Å². The zero-order chi connectivity index (χ0) is 11.0. The Morgan fingerprint density at radius 2 is 1.88 bits per heavy atom. The van der Waals surface area contributed by atoms with E-state index in [1.807, 2.05) is 18.2 Å². The van der Waals surface area contributed by atoms with Crippen LogP contribution in [0.25, 0.3) is 22.4 Å². The number of H-pyrrole nitrogens is 1. The number of aromatic amines is 1. The van der Waals surface area contributed by atoms with Crippen molar-refractivity contribution in [3.63, 3.8) is 0 Å². The molecule has 4 nitrogen and oxygen atoms in total. The van der Waals surface area contributed by atoms with Gasteiger partial charge in [-0.15, -0.1) is 0 Å². The molecule has 0 aliphatic carbocycles. The van der Waals surface area contributed by atoms with Crippen LogP contribution in [0.2, 0.25) is 5.15 Å². The average Bonchev–Trinajstić information content (AvgIpc) is 2.76. The number of pyridine rings is 2. The molecule has 3 aromatic heterocycles. The Kier molecular flexibility index (Phi) is 2.08. The Morgan fingerprint density at radius 3 is 2.62 bits per heavy atom. The maximum absolute atomic E-state index is 5.95. The molecule has 0 atom stereocenters. The van der Waals surface area contributed by atoms with Crippen molar-refractivity contribution in [1.82, 2.24) is 19.9 Å². The van der Waals surface area contributed by atoms with E-state index < -0.39 is 0 Å². The van der Waals surface area contributed by atoms with Crippen molar-refractivity contribution < 1.29 is 0 Å². The van der Waals surface area contributed by atoms with Gasteiger partial charge in [-0.1, -0.05) is 11.6 Å². The van der Waals surface area contributed by atoms with Gasteiger partial charge in [-0.2, -0.15) is 0 Å². The number of nitrogens with zero attached hydrogens (tertiary/aromatic N) is 3. The molecule has 0 spiro atoms. The standard InChI is InChI=1S/C11H7ClN4/c12-10-9-8(3-6-14-10)15-11(16-9)7-1-4-13-5-2-7/h1-6H,(H,15,16). The van der Waals surface area contributed by atoms with Gasteiger partial charge in [-0.05, 0) is 18.2 Å². The average molecular weight is 231 g/mol. The molecule has 0 aliphatic heterocycles. The number of nitrogens with one attached hydrogen (secondary N) is 1. The number of rotatable bonds is 1. The second kappa shape index (κ2) is 3.57. The lowest BCUT2D eigenvalue weighted by atomic mass is 10.3. The summed E-state index contributed by atoms with van der Waals surface area (Å²) in [6, 6.07) is 5.62. The first-order chi connectivity index (χ1) is 7.84. The third-order valence-electron chi connectivity index (χ3n) is 2.31. The highest BCUT2D eigenvalue weighted by Crippen LogP contribution is 2.23. The van der Waals surface area contributed by atoms with Gasteiger partial charge in [0.25, 0.3) is 0 Å². The van der Waals surface area contributed by atoms with Gasteiger partial charge in [-0.25, -0.2) is 9.97 Å². The number of hydrogen-bond donors (Lipinski definition) is 1. The van der Waals surface area contributed by atoms with Crippen LogP contribution >= 0.6 is 11.6 Å². The molecule has 0 radical (unpaired) electrons. The first-order valence-electron chi connectivity index (χ1n) is 4.75. The smallest absolute Gasteiger partial charge is 0.156 e. The molecule has 3 aromatic rings. The first kappa shape index (κ1) is 9.30. The van der Waals surface area contributed by atoms with Crippen molar-refractivity contribution in [2.24, 2.45) is 0 Å². The molecule has 1 N–H and O–H groups in total. The normalized spacial score (nSPS) is 10.8. The van der Waals surface area contributed by atoms with E-state index in [9.17, 15) is 0 Å². The van der Waals surface area contributed by atoms with Crippen molar-refractivity contribution in [3.05, 3.63) is 41.9 Å². The van der Waals surface area contributed by atoms with Crippen molar-refractivity contribution >= 4 is 22.6 Å². The van der Waals surface area contributed by atoms with Gasteiger partial charge in [0.2, 0.25) is 0 Å². The highest BCUT2D eigenvalue weighted by molar-refractivity contribution is 6.33. The molecule has 16 heavy (non-hydrogen) atoms. The van der Waals surface area contributed by atoms with Crippen LogP contribution in [-0.4, -0.2) is 19.9 Å². The summed E-state index contributed by atoms with van der Waals surface area (Å²) in [7, 11) is 0. The fourth-order valence-electron chi connectivity index (χ4n) is 1.55. The molecule has 0 aromatic carbocycles. The summed E-state index contributed by atoms with van der Waals surface area (Å²) >= 11 is 5.95. The Morgan fingerprint density at radius 1 is 1.06 bits per heavy atom. The minimum absolute atomic E-state index is 0.411. The molecule has 3 rings (SSSR count). The van der Waals surface area contributed by atoms with E-state index in [1.165, 1.54) is 0 Å². The molecule has 0 fully saturated rings. The van der Waals surface area contributed by atoms with Gasteiger partial charge in [0.05, 0.1) is 5.52 Å². The number of hydrogen-bond acceptors (Lipinski definition) is 3. The number of aromatic nitrogens is 4. The maximum Gasteiger partial charge on any atom is 0.156 e. The van der Waals surface area contributed by atoms with Crippen LogP contribution in [0, 0.1) is 0 Å². The van der Waals surface area contributed by atoms with E-state index in [0.717, 1.165) is 16.9 Å². The molecule has 0 unspecified atom stereocenters. The molecular formula is C11H7ClN4. The van der Waals surface area contributed by atoms with Crippen LogP contribution in [0.3, 0.4) is 0 Å². The summed E-state index contributed by atoms with van der Waals surface area (Å²) in [6.45, 7) is 0. The molecule has 0 bridgehead atoms. The molecule has 3 heterocycles. The topological polar surface area (TPSA) is 54.5 Å². The van der Waals surface area contributed by atoms with E-state index >= 15 is 0 Å². The molecule has 0 amide bonds. The van der Waals surface area contributed by atoms with Crippen LogP contribution in [0.4, 0.5) is 0 Å². The molecular weight excluding hydrogens is 224 g/mol. The fraction of sp³-hybridized carbons (Fsp3) is 0. The summed E-state index contributed by atoms with van der Waals surface area (Å²) in [5, 5.41) is 0.411. The van der Waals surface area contributed by atoms with Crippen LogP contribution < -0.4 is 0 Å². The summed E-state index contributed by atoms with van der Waals surface area (Å²) in [6.07, 6.45) is 5.10. The minimum atomic E-state index is 0.411. The minimum Gasteiger partial charge on any atom is -0.338 e. The lowest BCUT2D eigenvalue weighted by molar-refractivity contribution is 1.28. The van der Waals surface area contributed by atoms with E-state index in [1.54, 1.807) is 18.6 Å². The SMILES string of the molecule is Clc1nccc2[nH]c(-c3ccncc3)nc12. The molecule has 0 aliphatic rings. The second-order valence-electron chi connectivity index (χ2n) is 3.32. The van der Waals surface area contributed by atoms with Gasteiger partial charge in [0.1, 0.15) is 11.3 Å². The summed E-state index contributed by atoms with van der Waals surface area (Å²) < 4.78 is 0. The largest absolute Gasteiger partial charge is 0.338 e. The van der Waals surface area contributed by atoms with E-state index in [2.05, 4.69) is 19.9 Å². The highest BCUT2D eigenvalue weighted by Gasteiger charge is 2.07. The third-order valence-corrected chi connectivity index (χ3v) is 2.59. The van der Waals surface area contributed by atoms with Gasteiger partial charge >= 0.3 is 0 Å². The predicted molar refractivity (Wildman–Crippen MR) is 62.1 cm³/mol. The van der Waals surface area contributed by atoms with Gasteiger partial charge in [-0.3, -0.25) is 4.98 Å². The van der Waals surface area contributed by atoms with Crippen molar-refractivity contribution in [1.29, 1.82) is 0 Å². The van der Waals surface area contributed by atoms with E-state index in [0.29, 0.717) is 10.7 Å². The van der Waals surface area contributed by atoms with Crippen LogP contribution in [0.1, 0.15) is 0 Å². The van der Waals surface area contributed by atoms with Crippen molar-refractivity contribution in [2.45, 2.75) is 0 Å². The van der Waals surface area contributed by atoms with Crippen LogP contribution in [-0.2, 0) is 0 Å². The molecule has 0 saturated heterocycles. The second-order valence-corrected chi connectivity index (χ2v) is 3.68. The fourth-order valence-corrected chi connectivity index (χ4v) is 1.75. The zero-order valence-electron chi connectivity index (χ0n) is 8.18. The Hall–Kier alpha value is -1.94. The number of fused-ring (bicyclic) bond motifs is 1. The Balaban J connectivity index is 2.23. The number of halogens is 1. The molecule has 5 heteroatoms. The maximum atomic E-state index is 5.95. The summed E-state index contributed by atoms with van der Waals surface area (Å²) in [5.41, 5.74) is 2.55. The van der Waals surface area contributed by atoms with E-state index in [-0.39, 0.29) is 0 Å². The lowest BCUT2D eigenvalue weighted by Gasteiger charge is -1.92. The first-order valence-corrected chi connectivity index (χ1v) is 5.13. The quantitative estimate of drug-likeness (QED) is 0.654. The summed E-state index contributed by atoms with van der Waals surface area (Å²) in [4.78, 5) is 15.5. The summed E-state index contributed by atoms with van der Waals surface area (Å²) in [5.74, 6) is 0.771. The van der Waals surface area contributed by atoms with Gasteiger partial charge in [0, 0.05) is 24.2 Å². The van der Waals surface area contributed by atoms with E-state index in [4.69, 9.17) is 11.6 Å². The van der Waals surface area contributed by atoms with Crippen LogP contribution in [0.5, 0.6) is 0 Å². The highest BCUT2D eigenvalue weighted by atomic mass is 35.5. The van der Waals surface area contributed by atoms with Crippen molar-refractivity contribution in [3.8, 4) is 11.4 Å². The molecule has 0 saturated carbocycles. The monoisotopic (exact) mass is 230 g/mol. The Labute approximate surface area is 96.3 Å².